The number of rotatable bonds is 4. The Kier molecular flexibility index (Phi) is 3.87. The van der Waals surface area contributed by atoms with E-state index in [1.807, 2.05) is 24.3 Å². The molecule has 0 spiro atoms. The van der Waals surface area contributed by atoms with Crippen LogP contribution in [-0.2, 0) is 0 Å². The van der Waals surface area contributed by atoms with Gasteiger partial charge in [-0.15, -0.1) is 0 Å². The molecule has 0 aromatic heterocycles. The minimum absolute atomic E-state index is 0.0316. The molecule has 0 amide bonds. The lowest BCUT2D eigenvalue weighted by molar-refractivity contribution is 0.102. The fourth-order valence-electron chi connectivity index (χ4n) is 1.98. The first-order valence-corrected chi connectivity index (χ1v) is 6.58. The largest absolute Gasteiger partial charge is 0.496 e. The number of methoxy groups -OCH3 is 2. The molecule has 0 aliphatic carbocycles. The van der Waals surface area contributed by atoms with Crippen molar-refractivity contribution in [2.75, 3.05) is 19.5 Å². The molecule has 0 radical (unpaired) electrons. The maximum Gasteiger partial charge on any atom is 0.177 e. The van der Waals surface area contributed by atoms with Crippen LogP contribution in [0.5, 0.6) is 11.5 Å². The SMILES string of the molecule is COc1cc(C(=O)CBr)c(OC)c2ccccc12. The van der Waals surface area contributed by atoms with Crippen LogP contribution in [0.4, 0.5) is 0 Å². The van der Waals surface area contributed by atoms with E-state index in [2.05, 4.69) is 15.9 Å². The van der Waals surface area contributed by atoms with Crippen molar-refractivity contribution in [3.05, 3.63) is 35.9 Å². The van der Waals surface area contributed by atoms with Crippen LogP contribution in [0.2, 0.25) is 0 Å². The third kappa shape index (κ3) is 2.08. The standard InChI is InChI=1S/C14H13BrO3/c1-17-13-7-11(12(16)8-15)14(18-2)10-6-4-3-5-9(10)13/h3-7H,8H2,1-2H3. The third-order valence-electron chi connectivity index (χ3n) is 2.80. The summed E-state index contributed by atoms with van der Waals surface area (Å²) < 4.78 is 10.7. The number of ether oxygens (including phenoxy) is 2. The van der Waals surface area contributed by atoms with Crippen molar-refractivity contribution in [3.8, 4) is 11.5 Å². The van der Waals surface area contributed by atoms with Crippen molar-refractivity contribution in [2.24, 2.45) is 0 Å². The van der Waals surface area contributed by atoms with Crippen LogP contribution < -0.4 is 9.47 Å². The van der Waals surface area contributed by atoms with Gasteiger partial charge in [-0.05, 0) is 6.07 Å². The molecular weight excluding hydrogens is 296 g/mol. The summed E-state index contributed by atoms with van der Waals surface area (Å²) in [5.74, 6) is 1.24. The molecule has 4 heteroatoms. The smallest absolute Gasteiger partial charge is 0.177 e. The summed E-state index contributed by atoms with van der Waals surface area (Å²) >= 11 is 3.18. The second-order valence-electron chi connectivity index (χ2n) is 3.76. The normalized spacial score (nSPS) is 10.4. The zero-order valence-electron chi connectivity index (χ0n) is 10.2. The molecule has 0 saturated heterocycles. The molecule has 0 unspecified atom stereocenters. The fourth-order valence-corrected chi connectivity index (χ4v) is 2.29. The first-order valence-electron chi connectivity index (χ1n) is 5.45. The Morgan fingerprint density at radius 3 is 2.39 bits per heavy atom. The molecule has 0 saturated carbocycles. The van der Waals surface area contributed by atoms with Gasteiger partial charge in [-0.25, -0.2) is 0 Å². The summed E-state index contributed by atoms with van der Waals surface area (Å²) in [6.45, 7) is 0. The summed E-state index contributed by atoms with van der Waals surface area (Å²) in [7, 11) is 3.16. The third-order valence-corrected chi connectivity index (χ3v) is 3.31. The van der Waals surface area contributed by atoms with Crippen molar-refractivity contribution in [1.29, 1.82) is 0 Å². The van der Waals surface area contributed by atoms with Crippen molar-refractivity contribution < 1.29 is 14.3 Å². The van der Waals surface area contributed by atoms with E-state index in [0.717, 1.165) is 10.8 Å². The van der Waals surface area contributed by atoms with Crippen molar-refractivity contribution >= 4 is 32.5 Å². The lowest BCUT2D eigenvalue weighted by Crippen LogP contribution is -2.04. The van der Waals surface area contributed by atoms with Gasteiger partial charge in [0.05, 0.1) is 25.1 Å². The van der Waals surface area contributed by atoms with E-state index in [1.54, 1.807) is 20.3 Å². The molecule has 2 aromatic carbocycles. The summed E-state index contributed by atoms with van der Waals surface area (Å²) in [5.41, 5.74) is 0.532. The summed E-state index contributed by atoms with van der Waals surface area (Å²) in [5, 5.41) is 2.07. The fraction of sp³-hybridized carbons (Fsp3) is 0.214. The average molecular weight is 309 g/mol. The highest BCUT2D eigenvalue weighted by Gasteiger charge is 2.17. The lowest BCUT2D eigenvalue weighted by atomic mass is 10.0. The average Bonchev–Trinajstić information content (AvgIpc) is 2.44. The molecule has 0 bridgehead atoms. The quantitative estimate of drug-likeness (QED) is 0.641. The molecule has 0 aliphatic heterocycles. The van der Waals surface area contributed by atoms with Crippen LogP contribution in [0.3, 0.4) is 0 Å². The molecule has 0 N–H and O–H groups in total. The molecule has 0 heterocycles. The van der Waals surface area contributed by atoms with Crippen molar-refractivity contribution in [1.82, 2.24) is 0 Å². The number of hydrogen-bond donors (Lipinski definition) is 0. The molecule has 3 nitrogen and oxygen atoms in total. The van der Waals surface area contributed by atoms with Crippen LogP contribution in [0, 0.1) is 0 Å². The topological polar surface area (TPSA) is 35.5 Å². The second-order valence-corrected chi connectivity index (χ2v) is 4.32. The zero-order chi connectivity index (χ0) is 13.1. The van der Waals surface area contributed by atoms with Gasteiger partial charge in [0, 0.05) is 10.8 Å². The van der Waals surface area contributed by atoms with Crippen molar-refractivity contribution in [3.63, 3.8) is 0 Å². The highest BCUT2D eigenvalue weighted by molar-refractivity contribution is 9.09. The molecule has 0 aliphatic rings. The first-order chi connectivity index (χ1) is 8.72. The van der Waals surface area contributed by atoms with Gasteiger partial charge in [-0.1, -0.05) is 40.2 Å². The van der Waals surface area contributed by atoms with Gasteiger partial charge in [0.15, 0.2) is 5.78 Å². The van der Waals surface area contributed by atoms with Crippen LogP contribution in [0.1, 0.15) is 10.4 Å². The van der Waals surface area contributed by atoms with E-state index in [9.17, 15) is 4.79 Å². The first kappa shape index (κ1) is 12.9. The molecule has 2 aromatic rings. The number of ketones is 1. The summed E-state index contributed by atoms with van der Waals surface area (Å²) in [4.78, 5) is 11.9. The van der Waals surface area contributed by atoms with Gasteiger partial charge in [0.2, 0.25) is 0 Å². The summed E-state index contributed by atoms with van der Waals surface area (Å²) in [6.07, 6.45) is 0. The number of carbonyl (C=O) groups is 1. The molecular formula is C14H13BrO3. The van der Waals surface area contributed by atoms with E-state index in [0.29, 0.717) is 17.1 Å². The molecule has 2 rings (SSSR count). The van der Waals surface area contributed by atoms with Crippen LogP contribution >= 0.6 is 15.9 Å². The molecule has 0 fully saturated rings. The van der Waals surface area contributed by atoms with E-state index in [1.165, 1.54) is 0 Å². The van der Waals surface area contributed by atoms with Crippen LogP contribution in [-0.4, -0.2) is 25.3 Å². The van der Waals surface area contributed by atoms with Gasteiger partial charge >= 0.3 is 0 Å². The number of halogens is 1. The number of fused-ring (bicyclic) bond motifs is 1. The Bertz CT molecular complexity index is 593. The van der Waals surface area contributed by atoms with Gasteiger partial charge in [-0.3, -0.25) is 4.79 Å². The zero-order valence-corrected chi connectivity index (χ0v) is 11.8. The minimum Gasteiger partial charge on any atom is -0.496 e. The monoisotopic (exact) mass is 308 g/mol. The van der Waals surface area contributed by atoms with E-state index >= 15 is 0 Å². The Balaban J connectivity index is 2.83. The van der Waals surface area contributed by atoms with E-state index < -0.39 is 0 Å². The highest BCUT2D eigenvalue weighted by Crippen LogP contribution is 2.36. The molecule has 94 valence electrons. The number of hydrogen-bond acceptors (Lipinski definition) is 3. The van der Waals surface area contributed by atoms with E-state index in [-0.39, 0.29) is 11.1 Å². The number of Topliss-reactive ketones (excluding diaryl/α,β-unsaturated/α-hetero) is 1. The van der Waals surface area contributed by atoms with Crippen molar-refractivity contribution in [2.45, 2.75) is 0 Å². The number of carbonyl (C=O) groups excluding carboxylic acids is 1. The lowest BCUT2D eigenvalue weighted by Gasteiger charge is -2.13. The Morgan fingerprint density at radius 2 is 1.83 bits per heavy atom. The van der Waals surface area contributed by atoms with Gasteiger partial charge in [-0.2, -0.15) is 0 Å². The minimum atomic E-state index is -0.0316. The Morgan fingerprint density at radius 1 is 1.17 bits per heavy atom. The van der Waals surface area contributed by atoms with Crippen LogP contribution in [0.25, 0.3) is 10.8 Å². The maximum atomic E-state index is 11.9. The maximum absolute atomic E-state index is 11.9. The highest BCUT2D eigenvalue weighted by atomic mass is 79.9. The van der Waals surface area contributed by atoms with Gasteiger partial charge in [0.25, 0.3) is 0 Å². The summed E-state index contributed by atoms with van der Waals surface area (Å²) in [6, 6.07) is 9.43. The number of benzene rings is 2. The molecule has 0 atom stereocenters. The van der Waals surface area contributed by atoms with Gasteiger partial charge in [0.1, 0.15) is 11.5 Å². The number of alkyl halides is 1. The predicted molar refractivity (Wildman–Crippen MR) is 75.2 cm³/mol. The van der Waals surface area contributed by atoms with E-state index in [4.69, 9.17) is 9.47 Å². The Labute approximate surface area is 114 Å². The molecule has 18 heavy (non-hydrogen) atoms. The Hall–Kier alpha value is -1.55. The predicted octanol–water partition coefficient (Wildman–Crippen LogP) is 3.43. The second kappa shape index (κ2) is 5.40. The van der Waals surface area contributed by atoms with Gasteiger partial charge < -0.3 is 9.47 Å². The van der Waals surface area contributed by atoms with Crippen LogP contribution in [0.15, 0.2) is 30.3 Å².